The Morgan fingerprint density at radius 1 is 1.32 bits per heavy atom. The molecule has 3 rings (SSSR count). The number of para-hydroxylation sites is 1. The Kier molecular flexibility index (Phi) is 4.80. The maximum atomic E-state index is 12.6. The summed E-state index contributed by atoms with van der Waals surface area (Å²) in [6.45, 7) is 2.04. The van der Waals surface area contributed by atoms with Gasteiger partial charge >= 0.3 is 6.03 Å². The Labute approximate surface area is 147 Å². The average Bonchev–Trinajstić information content (AvgIpc) is 3.32. The molecular weight excluding hydrogens is 340 g/mol. The normalized spacial score (nSPS) is 14.3. The van der Waals surface area contributed by atoms with Crippen molar-refractivity contribution in [2.24, 2.45) is 0 Å². The lowest BCUT2D eigenvalue weighted by molar-refractivity contribution is 0.212. The second kappa shape index (κ2) is 6.87. The van der Waals surface area contributed by atoms with Gasteiger partial charge in [-0.3, -0.25) is 0 Å². The number of nitrogens with one attached hydrogen (secondary N) is 1. The largest absolute Gasteiger partial charge is 0.322 e. The summed E-state index contributed by atoms with van der Waals surface area (Å²) in [5, 5.41) is 7.29. The number of rotatable bonds is 6. The molecule has 1 aliphatic carbocycles. The number of sulfone groups is 1. The standard InChI is InChI=1S/C17H22N4O3S/c1-13-16(12-21(19-13)15-6-4-3-5-7-15)18-17(22)20(14-8-9-14)10-11-25(2,23)24/h3-7,12,14H,8-11H2,1-2H3,(H,18,22). The highest BCUT2D eigenvalue weighted by Gasteiger charge is 2.33. The third-order valence-corrected chi connectivity index (χ3v) is 5.04. The molecule has 1 aromatic carbocycles. The van der Waals surface area contributed by atoms with Gasteiger partial charge in [0.15, 0.2) is 0 Å². The summed E-state index contributed by atoms with van der Waals surface area (Å²) in [6, 6.07) is 9.49. The van der Waals surface area contributed by atoms with Crippen molar-refractivity contribution in [3.63, 3.8) is 0 Å². The summed E-state index contributed by atoms with van der Waals surface area (Å²) in [4.78, 5) is 14.2. The summed E-state index contributed by atoms with van der Waals surface area (Å²) in [7, 11) is -3.11. The molecule has 25 heavy (non-hydrogen) atoms. The molecule has 1 heterocycles. The number of aromatic nitrogens is 2. The Morgan fingerprint density at radius 3 is 2.60 bits per heavy atom. The van der Waals surface area contributed by atoms with Crippen molar-refractivity contribution in [3.05, 3.63) is 42.2 Å². The van der Waals surface area contributed by atoms with Crippen LogP contribution in [0.15, 0.2) is 36.5 Å². The van der Waals surface area contributed by atoms with Gasteiger partial charge in [0.05, 0.1) is 29.0 Å². The Bertz CT molecular complexity index is 857. The first kappa shape index (κ1) is 17.5. The van der Waals surface area contributed by atoms with E-state index >= 15 is 0 Å². The van der Waals surface area contributed by atoms with Gasteiger partial charge in [-0.2, -0.15) is 5.10 Å². The van der Waals surface area contributed by atoms with Crippen molar-refractivity contribution in [1.82, 2.24) is 14.7 Å². The minimum absolute atomic E-state index is 0.0286. The van der Waals surface area contributed by atoms with E-state index in [4.69, 9.17) is 0 Å². The fourth-order valence-electron chi connectivity index (χ4n) is 2.58. The van der Waals surface area contributed by atoms with Gasteiger partial charge in [0.25, 0.3) is 0 Å². The van der Waals surface area contributed by atoms with E-state index in [0.29, 0.717) is 11.4 Å². The van der Waals surface area contributed by atoms with E-state index in [1.165, 1.54) is 6.26 Å². The number of anilines is 1. The van der Waals surface area contributed by atoms with E-state index in [1.54, 1.807) is 15.8 Å². The van der Waals surface area contributed by atoms with Crippen LogP contribution in [0.5, 0.6) is 0 Å². The molecule has 1 aliphatic rings. The lowest BCUT2D eigenvalue weighted by Gasteiger charge is -2.22. The van der Waals surface area contributed by atoms with Gasteiger partial charge in [0.2, 0.25) is 0 Å². The first-order valence-corrected chi connectivity index (χ1v) is 10.3. The van der Waals surface area contributed by atoms with E-state index < -0.39 is 9.84 Å². The topological polar surface area (TPSA) is 84.3 Å². The maximum Gasteiger partial charge on any atom is 0.322 e. The van der Waals surface area contributed by atoms with E-state index in [9.17, 15) is 13.2 Å². The molecule has 8 heteroatoms. The van der Waals surface area contributed by atoms with Crippen LogP contribution in [0.2, 0.25) is 0 Å². The Balaban J connectivity index is 1.72. The van der Waals surface area contributed by atoms with Gasteiger partial charge in [-0.25, -0.2) is 17.9 Å². The molecule has 134 valence electrons. The SMILES string of the molecule is Cc1nn(-c2ccccc2)cc1NC(=O)N(CCS(C)(=O)=O)C1CC1. The lowest BCUT2D eigenvalue weighted by atomic mass is 10.3. The van der Waals surface area contributed by atoms with Crippen LogP contribution >= 0.6 is 0 Å². The van der Waals surface area contributed by atoms with Gasteiger partial charge < -0.3 is 10.2 Å². The highest BCUT2D eigenvalue weighted by atomic mass is 32.2. The third-order valence-electron chi connectivity index (χ3n) is 4.11. The number of benzene rings is 1. The summed E-state index contributed by atoms with van der Waals surface area (Å²) < 4.78 is 24.5. The van der Waals surface area contributed by atoms with Crippen LogP contribution in [0, 0.1) is 6.92 Å². The average molecular weight is 362 g/mol. The summed E-state index contributed by atoms with van der Waals surface area (Å²) in [5.41, 5.74) is 2.23. The zero-order valence-electron chi connectivity index (χ0n) is 14.3. The Hall–Kier alpha value is -2.35. The maximum absolute atomic E-state index is 12.6. The molecule has 0 atom stereocenters. The van der Waals surface area contributed by atoms with Gasteiger partial charge in [0.1, 0.15) is 9.84 Å². The van der Waals surface area contributed by atoms with Crippen molar-refractivity contribution >= 4 is 21.6 Å². The number of carbonyl (C=O) groups is 1. The zero-order chi connectivity index (χ0) is 18.0. The lowest BCUT2D eigenvalue weighted by Crippen LogP contribution is -2.39. The van der Waals surface area contributed by atoms with Crippen molar-refractivity contribution in [2.45, 2.75) is 25.8 Å². The molecule has 2 amide bonds. The smallest absolute Gasteiger partial charge is 0.321 e. The van der Waals surface area contributed by atoms with Gasteiger partial charge in [-0.1, -0.05) is 18.2 Å². The zero-order valence-corrected chi connectivity index (χ0v) is 15.2. The molecule has 0 saturated heterocycles. The molecule has 0 unspecified atom stereocenters. The number of hydrogen-bond acceptors (Lipinski definition) is 4. The second-order valence-electron chi connectivity index (χ2n) is 6.39. The molecule has 1 N–H and O–H groups in total. The fraction of sp³-hybridized carbons (Fsp3) is 0.412. The van der Waals surface area contributed by atoms with Gasteiger partial charge in [0, 0.05) is 18.8 Å². The minimum Gasteiger partial charge on any atom is -0.321 e. The van der Waals surface area contributed by atoms with E-state index in [1.807, 2.05) is 37.3 Å². The van der Waals surface area contributed by atoms with Crippen LogP contribution in [0.1, 0.15) is 18.5 Å². The molecule has 0 bridgehead atoms. The first-order valence-electron chi connectivity index (χ1n) is 8.20. The predicted octanol–water partition coefficient (Wildman–Crippen LogP) is 2.22. The monoisotopic (exact) mass is 362 g/mol. The highest BCUT2D eigenvalue weighted by Crippen LogP contribution is 2.28. The van der Waals surface area contributed by atoms with Crippen molar-refractivity contribution in [1.29, 1.82) is 0 Å². The number of carbonyl (C=O) groups excluding carboxylic acids is 1. The molecule has 7 nitrogen and oxygen atoms in total. The minimum atomic E-state index is -3.11. The predicted molar refractivity (Wildman–Crippen MR) is 96.8 cm³/mol. The molecule has 1 fully saturated rings. The number of aryl methyl sites for hydroxylation is 1. The van der Waals surface area contributed by atoms with Crippen molar-refractivity contribution < 1.29 is 13.2 Å². The quantitative estimate of drug-likeness (QED) is 0.854. The van der Waals surface area contributed by atoms with Crippen LogP contribution in [0.3, 0.4) is 0 Å². The molecule has 2 aromatic rings. The van der Waals surface area contributed by atoms with Crippen LogP contribution < -0.4 is 5.32 Å². The van der Waals surface area contributed by atoms with Gasteiger partial charge in [-0.15, -0.1) is 0 Å². The van der Waals surface area contributed by atoms with Crippen molar-refractivity contribution in [3.8, 4) is 5.69 Å². The summed E-state index contributed by atoms with van der Waals surface area (Å²) in [5.74, 6) is -0.0286. The number of amides is 2. The second-order valence-corrected chi connectivity index (χ2v) is 8.65. The molecule has 0 aliphatic heterocycles. The van der Waals surface area contributed by atoms with Crippen LogP contribution in [0.25, 0.3) is 5.69 Å². The molecule has 1 aromatic heterocycles. The molecule has 0 radical (unpaired) electrons. The van der Waals surface area contributed by atoms with E-state index in [2.05, 4.69) is 10.4 Å². The number of urea groups is 1. The number of hydrogen-bond donors (Lipinski definition) is 1. The third kappa shape index (κ3) is 4.60. The van der Waals surface area contributed by atoms with Crippen LogP contribution in [-0.4, -0.2) is 53.7 Å². The summed E-state index contributed by atoms with van der Waals surface area (Å²) in [6.07, 6.45) is 4.78. The highest BCUT2D eigenvalue weighted by molar-refractivity contribution is 7.90. The molecule has 1 saturated carbocycles. The first-order chi connectivity index (χ1) is 11.8. The van der Waals surface area contributed by atoms with E-state index in [-0.39, 0.29) is 24.4 Å². The van der Waals surface area contributed by atoms with Gasteiger partial charge in [-0.05, 0) is 31.9 Å². The Morgan fingerprint density at radius 2 is 2.00 bits per heavy atom. The summed E-state index contributed by atoms with van der Waals surface area (Å²) >= 11 is 0. The molecular formula is C17H22N4O3S. The fourth-order valence-corrected chi connectivity index (χ4v) is 3.11. The van der Waals surface area contributed by atoms with Crippen LogP contribution in [-0.2, 0) is 9.84 Å². The molecule has 0 spiro atoms. The van der Waals surface area contributed by atoms with Crippen LogP contribution in [0.4, 0.5) is 10.5 Å². The number of nitrogens with zero attached hydrogens (tertiary/aromatic N) is 3. The van der Waals surface area contributed by atoms with E-state index in [0.717, 1.165) is 18.5 Å². The van der Waals surface area contributed by atoms with Crippen molar-refractivity contribution in [2.75, 3.05) is 23.9 Å².